The molecule has 4 nitrogen and oxygen atoms in total. The lowest BCUT2D eigenvalue weighted by Gasteiger charge is -2.29. The second-order valence-electron chi connectivity index (χ2n) is 6.66. The Bertz CT molecular complexity index is 609. The zero-order valence-corrected chi connectivity index (χ0v) is 16.7. The van der Waals surface area contributed by atoms with Crippen molar-refractivity contribution < 1.29 is 9.59 Å². The molecule has 1 aromatic carbocycles. The zero-order chi connectivity index (χ0) is 18.4. The van der Waals surface area contributed by atoms with Gasteiger partial charge in [-0.25, -0.2) is 0 Å². The van der Waals surface area contributed by atoms with Gasteiger partial charge in [-0.15, -0.1) is 11.8 Å². The summed E-state index contributed by atoms with van der Waals surface area (Å²) < 4.78 is 0. The SMILES string of the molecule is CCCCCC1SCC(C(=O)NC(C)C)N1C(=O)c1ccccc1Cl. The van der Waals surface area contributed by atoms with Gasteiger partial charge in [-0.1, -0.05) is 49.9 Å². The molecule has 0 aliphatic carbocycles. The van der Waals surface area contributed by atoms with Crippen molar-refractivity contribution in [2.24, 2.45) is 0 Å². The van der Waals surface area contributed by atoms with Gasteiger partial charge < -0.3 is 10.2 Å². The summed E-state index contributed by atoms with van der Waals surface area (Å²) in [6, 6.07) is 6.66. The first-order valence-corrected chi connectivity index (χ1v) is 10.4. The number of hydrogen-bond donors (Lipinski definition) is 1. The van der Waals surface area contributed by atoms with Crippen LogP contribution in [0.3, 0.4) is 0 Å². The molecule has 1 aromatic rings. The van der Waals surface area contributed by atoms with E-state index >= 15 is 0 Å². The highest BCUT2D eigenvalue weighted by Gasteiger charge is 2.41. The Balaban J connectivity index is 2.24. The van der Waals surface area contributed by atoms with Gasteiger partial charge in [0.15, 0.2) is 0 Å². The maximum Gasteiger partial charge on any atom is 0.256 e. The molecule has 1 fully saturated rings. The highest BCUT2D eigenvalue weighted by Crippen LogP contribution is 2.35. The maximum absolute atomic E-state index is 13.2. The third kappa shape index (κ3) is 5.14. The first kappa shape index (κ1) is 20.1. The van der Waals surface area contributed by atoms with Crippen LogP contribution in [0.15, 0.2) is 24.3 Å². The van der Waals surface area contributed by atoms with E-state index in [9.17, 15) is 9.59 Å². The average Bonchev–Trinajstić information content (AvgIpc) is 2.98. The molecule has 1 aliphatic heterocycles. The molecule has 2 rings (SSSR count). The van der Waals surface area contributed by atoms with E-state index in [0.717, 1.165) is 25.7 Å². The molecule has 2 unspecified atom stereocenters. The molecule has 1 heterocycles. The van der Waals surface area contributed by atoms with Gasteiger partial charge in [0.05, 0.1) is 16.0 Å². The van der Waals surface area contributed by atoms with Crippen LogP contribution in [0.4, 0.5) is 0 Å². The standard InChI is InChI=1S/C19H27ClN2O2S/c1-4-5-6-11-17-22(16(12-25-17)18(23)21-13(2)3)19(24)14-9-7-8-10-15(14)20/h7-10,13,16-17H,4-6,11-12H2,1-3H3,(H,21,23). The number of nitrogens with one attached hydrogen (secondary N) is 1. The highest BCUT2D eigenvalue weighted by atomic mass is 35.5. The second kappa shape index (κ2) is 9.48. The molecule has 2 amide bonds. The zero-order valence-electron chi connectivity index (χ0n) is 15.1. The number of thioether (sulfide) groups is 1. The predicted octanol–water partition coefficient (Wildman–Crippen LogP) is 4.33. The lowest BCUT2D eigenvalue weighted by atomic mass is 10.1. The first-order chi connectivity index (χ1) is 12.0. The lowest BCUT2D eigenvalue weighted by Crippen LogP contribution is -2.51. The molecule has 0 radical (unpaired) electrons. The van der Waals surface area contributed by atoms with Crippen LogP contribution < -0.4 is 5.32 Å². The Morgan fingerprint density at radius 2 is 2.04 bits per heavy atom. The summed E-state index contributed by atoms with van der Waals surface area (Å²) in [5, 5.41) is 3.40. The fraction of sp³-hybridized carbons (Fsp3) is 0.579. The van der Waals surface area contributed by atoms with Crippen LogP contribution in [0, 0.1) is 0 Å². The van der Waals surface area contributed by atoms with Gasteiger partial charge in [0.25, 0.3) is 5.91 Å². The smallest absolute Gasteiger partial charge is 0.256 e. The minimum atomic E-state index is -0.442. The molecule has 25 heavy (non-hydrogen) atoms. The van der Waals surface area contributed by atoms with Gasteiger partial charge >= 0.3 is 0 Å². The van der Waals surface area contributed by atoms with Crippen molar-refractivity contribution >= 4 is 35.2 Å². The van der Waals surface area contributed by atoms with E-state index < -0.39 is 6.04 Å². The molecule has 138 valence electrons. The first-order valence-electron chi connectivity index (χ1n) is 8.94. The van der Waals surface area contributed by atoms with Crippen LogP contribution in [-0.4, -0.2) is 39.9 Å². The molecule has 1 aliphatic rings. The Labute approximate surface area is 159 Å². The summed E-state index contributed by atoms with van der Waals surface area (Å²) in [6.45, 7) is 6.02. The molecule has 0 aromatic heterocycles. The minimum Gasteiger partial charge on any atom is -0.352 e. The van der Waals surface area contributed by atoms with Crippen LogP contribution >= 0.6 is 23.4 Å². The quantitative estimate of drug-likeness (QED) is 0.714. The summed E-state index contributed by atoms with van der Waals surface area (Å²) in [5.74, 6) is 0.396. The molecule has 1 saturated heterocycles. The molecule has 6 heteroatoms. The monoisotopic (exact) mass is 382 g/mol. The molecular weight excluding hydrogens is 356 g/mol. The summed E-state index contributed by atoms with van der Waals surface area (Å²) in [4.78, 5) is 27.5. The molecule has 0 bridgehead atoms. The van der Waals surface area contributed by atoms with Gasteiger partial charge in [0.1, 0.15) is 6.04 Å². The summed E-state index contributed by atoms with van der Waals surface area (Å²) in [7, 11) is 0. The number of carbonyl (C=O) groups excluding carboxylic acids is 2. The fourth-order valence-corrected chi connectivity index (χ4v) is 4.65. The van der Waals surface area contributed by atoms with Crippen LogP contribution in [0.1, 0.15) is 56.8 Å². The molecular formula is C19H27ClN2O2S. The number of benzene rings is 1. The van der Waals surface area contributed by atoms with Crippen LogP contribution in [0.5, 0.6) is 0 Å². The average molecular weight is 383 g/mol. The fourth-order valence-electron chi connectivity index (χ4n) is 2.98. The van der Waals surface area contributed by atoms with Gasteiger partial charge in [-0.3, -0.25) is 9.59 Å². The predicted molar refractivity (Wildman–Crippen MR) is 105 cm³/mol. The molecule has 0 saturated carbocycles. The van der Waals surface area contributed by atoms with Crippen LogP contribution in [-0.2, 0) is 4.79 Å². The second-order valence-corrected chi connectivity index (χ2v) is 8.27. The van der Waals surface area contributed by atoms with Crippen LogP contribution in [0.2, 0.25) is 5.02 Å². The molecule has 2 atom stereocenters. The number of halogens is 1. The summed E-state index contributed by atoms with van der Waals surface area (Å²) in [6.07, 6.45) is 4.22. The maximum atomic E-state index is 13.2. The van der Waals surface area contributed by atoms with E-state index in [2.05, 4.69) is 12.2 Å². The van der Waals surface area contributed by atoms with E-state index in [1.54, 1.807) is 40.9 Å². The van der Waals surface area contributed by atoms with Crippen molar-refractivity contribution in [1.29, 1.82) is 0 Å². The van der Waals surface area contributed by atoms with Crippen molar-refractivity contribution in [3.8, 4) is 0 Å². The lowest BCUT2D eigenvalue weighted by molar-refractivity contribution is -0.125. The Hall–Kier alpha value is -1.20. The van der Waals surface area contributed by atoms with Gasteiger partial charge in [-0.2, -0.15) is 0 Å². The number of nitrogens with zero attached hydrogens (tertiary/aromatic N) is 1. The van der Waals surface area contributed by atoms with Gasteiger partial charge in [0, 0.05) is 11.8 Å². The number of rotatable bonds is 7. The summed E-state index contributed by atoms with van der Waals surface area (Å²) in [5.41, 5.74) is 0.467. The van der Waals surface area contributed by atoms with Crippen molar-refractivity contribution in [2.75, 3.05) is 5.75 Å². The number of unbranched alkanes of at least 4 members (excludes halogenated alkanes) is 2. The third-order valence-corrected chi connectivity index (χ3v) is 5.90. The van der Waals surface area contributed by atoms with Crippen molar-refractivity contribution in [1.82, 2.24) is 10.2 Å². The van der Waals surface area contributed by atoms with Gasteiger partial charge in [-0.05, 0) is 32.4 Å². The van der Waals surface area contributed by atoms with Crippen molar-refractivity contribution in [3.63, 3.8) is 0 Å². The normalized spacial score (nSPS) is 20.1. The largest absolute Gasteiger partial charge is 0.352 e. The Morgan fingerprint density at radius 3 is 2.68 bits per heavy atom. The number of hydrogen-bond acceptors (Lipinski definition) is 3. The Morgan fingerprint density at radius 1 is 1.32 bits per heavy atom. The number of carbonyl (C=O) groups is 2. The topological polar surface area (TPSA) is 49.4 Å². The summed E-state index contributed by atoms with van der Waals surface area (Å²) >= 11 is 7.92. The van der Waals surface area contributed by atoms with E-state index in [1.165, 1.54) is 0 Å². The van der Waals surface area contributed by atoms with E-state index in [0.29, 0.717) is 16.3 Å². The minimum absolute atomic E-state index is 0.0261. The highest BCUT2D eigenvalue weighted by molar-refractivity contribution is 8.00. The van der Waals surface area contributed by atoms with Crippen molar-refractivity contribution in [3.05, 3.63) is 34.9 Å². The molecule has 1 N–H and O–H groups in total. The third-order valence-electron chi connectivity index (χ3n) is 4.22. The van der Waals surface area contributed by atoms with Crippen LogP contribution in [0.25, 0.3) is 0 Å². The van der Waals surface area contributed by atoms with Gasteiger partial charge in [0.2, 0.25) is 5.91 Å². The number of amides is 2. The van der Waals surface area contributed by atoms with E-state index in [1.807, 2.05) is 13.8 Å². The van der Waals surface area contributed by atoms with E-state index in [-0.39, 0.29) is 23.2 Å². The Kier molecular flexibility index (Phi) is 7.63. The molecule has 0 spiro atoms. The van der Waals surface area contributed by atoms with Crippen molar-refractivity contribution in [2.45, 2.75) is 63.9 Å². The van der Waals surface area contributed by atoms with E-state index in [4.69, 9.17) is 11.6 Å².